The van der Waals surface area contributed by atoms with E-state index >= 15 is 0 Å². The fraction of sp³-hybridized carbons (Fsp3) is 0.250. The summed E-state index contributed by atoms with van der Waals surface area (Å²) >= 11 is 2.52. The van der Waals surface area contributed by atoms with Crippen molar-refractivity contribution in [2.75, 3.05) is 24.3 Å². The maximum Gasteiger partial charge on any atom is 0.258 e. The number of aryl methyl sites for hydroxylation is 1. The van der Waals surface area contributed by atoms with Gasteiger partial charge in [-0.25, -0.2) is 0 Å². The molecule has 2 amide bonds. The summed E-state index contributed by atoms with van der Waals surface area (Å²) in [6.45, 7) is 4.27. The van der Waals surface area contributed by atoms with E-state index in [0.717, 1.165) is 16.4 Å². The van der Waals surface area contributed by atoms with Gasteiger partial charge in [-0.05, 0) is 50.2 Å². The summed E-state index contributed by atoms with van der Waals surface area (Å²) in [5, 5.41) is 23.6. The first kappa shape index (κ1) is 26.1. The quantitative estimate of drug-likeness (QED) is 0.260. The van der Waals surface area contributed by atoms with Gasteiger partial charge in [0.25, 0.3) is 5.91 Å². The van der Waals surface area contributed by atoms with E-state index in [9.17, 15) is 9.59 Å². The summed E-state index contributed by atoms with van der Waals surface area (Å²) in [5.41, 5.74) is 0.765. The van der Waals surface area contributed by atoms with Crippen LogP contribution < -0.4 is 20.1 Å². The third kappa shape index (κ3) is 7.51. The lowest BCUT2D eigenvalue weighted by molar-refractivity contribution is -0.123. The van der Waals surface area contributed by atoms with Gasteiger partial charge >= 0.3 is 0 Å². The van der Waals surface area contributed by atoms with Gasteiger partial charge in [0.05, 0.1) is 18.9 Å². The van der Waals surface area contributed by atoms with Crippen molar-refractivity contribution in [1.82, 2.24) is 30.3 Å². The summed E-state index contributed by atoms with van der Waals surface area (Å²) in [5.74, 6) is 1.38. The molecule has 0 saturated heterocycles. The smallest absolute Gasteiger partial charge is 0.258 e. The number of aromatic nitrogens is 5. The predicted octanol–water partition coefficient (Wildman–Crippen LogP) is 3.25. The van der Waals surface area contributed by atoms with Crippen molar-refractivity contribution in [2.24, 2.45) is 0 Å². The van der Waals surface area contributed by atoms with Crippen molar-refractivity contribution in [1.29, 1.82) is 0 Å². The molecule has 0 atom stereocenters. The number of para-hydroxylation sites is 1. The fourth-order valence-corrected chi connectivity index (χ4v) is 4.53. The van der Waals surface area contributed by atoms with Crippen molar-refractivity contribution < 1.29 is 19.1 Å². The molecule has 0 unspecified atom stereocenters. The van der Waals surface area contributed by atoms with Crippen LogP contribution in [-0.2, 0) is 16.1 Å². The molecule has 2 aromatic heterocycles. The fourth-order valence-electron chi connectivity index (χ4n) is 3.15. The monoisotopic (exact) mass is 539 g/mol. The number of carbonyl (C=O) groups excluding carboxylic acids is 2. The van der Waals surface area contributed by atoms with Crippen molar-refractivity contribution in [3.8, 4) is 17.2 Å². The van der Waals surface area contributed by atoms with E-state index in [2.05, 4.69) is 31.0 Å². The molecule has 0 fully saturated rings. The molecular formula is C24H25N7O4S2. The molecule has 37 heavy (non-hydrogen) atoms. The Bertz CT molecular complexity index is 1330. The van der Waals surface area contributed by atoms with Crippen LogP contribution in [0.5, 0.6) is 11.5 Å². The van der Waals surface area contributed by atoms with E-state index < -0.39 is 0 Å². The second kappa shape index (κ2) is 12.8. The van der Waals surface area contributed by atoms with Crippen LogP contribution >= 0.6 is 23.1 Å². The molecule has 13 heteroatoms. The van der Waals surface area contributed by atoms with Crippen LogP contribution in [0.15, 0.2) is 59.8 Å². The molecule has 0 saturated carbocycles. The molecule has 11 nitrogen and oxygen atoms in total. The zero-order chi connectivity index (χ0) is 26.0. The number of carbonyl (C=O) groups is 2. The zero-order valence-corrected chi connectivity index (χ0v) is 21.8. The molecule has 0 aliphatic rings. The molecular weight excluding hydrogens is 514 g/mol. The first-order valence-corrected chi connectivity index (χ1v) is 13.2. The Morgan fingerprint density at radius 3 is 2.41 bits per heavy atom. The van der Waals surface area contributed by atoms with Gasteiger partial charge in [0.15, 0.2) is 17.6 Å². The highest BCUT2D eigenvalue weighted by atomic mass is 32.2. The lowest BCUT2D eigenvalue weighted by Crippen LogP contribution is -2.29. The number of benzene rings is 2. The Labute approximate surface area is 221 Å². The Hall–Kier alpha value is -3.97. The van der Waals surface area contributed by atoms with Gasteiger partial charge in [0.2, 0.25) is 11.0 Å². The molecule has 2 heterocycles. The first-order chi connectivity index (χ1) is 18.0. The van der Waals surface area contributed by atoms with Crippen LogP contribution in [0, 0.1) is 6.92 Å². The standard InChI is InChI=1S/C24H25N7O4S2/c1-3-34-19-11-9-17(10-12-19)31-20(13-25-21(32)14-35-18-7-5-4-6-8-18)28-30-24(31)36-15-22(33)26-23-29-27-16(2)37-23/h4-12H,3,13-15H2,1-2H3,(H,25,32)(H,26,29,33). The van der Waals surface area contributed by atoms with E-state index in [1.807, 2.05) is 56.3 Å². The lowest BCUT2D eigenvalue weighted by Gasteiger charge is -2.12. The van der Waals surface area contributed by atoms with Crippen molar-refractivity contribution >= 4 is 40.0 Å². The van der Waals surface area contributed by atoms with Crippen molar-refractivity contribution in [3.05, 3.63) is 65.4 Å². The zero-order valence-electron chi connectivity index (χ0n) is 20.2. The number of rotatable bonds is 12. The highest BCUT2D eigenvalue weighted by Crippen LogP contribution is 2.24. The van der Waals surface area contributed by atoms with Gasteiger partial charge in [0, 0.05) is 5.69 Å². The van der Waals surface area contributed by atoms with E-state index in [0.29, 0.717) is 28.5 Å². The normalized spacial score (nSPS) is 10.6. The molecule has 2 N–H and O–H groups in total. The lowest BCUT2D eigenvalue weighted by atomic mass is 10.3. The minimum Gasteiger partial charge on any atom is -0.494 e. The van der Waals surface area contributed by atoms with Crippen LogP contribution in [0.2, 0.25) is 0 Å². The number of nitrogens with one attached hydrogen (secondary N) is 2. The van der Waals surface area contributed by atoms with E-state index in [-0.39, 0.29) is 30.7 Å². The Morgan fingerprint density at radius 1 is 0.946 bits per heavy atom. The summed E-state index contributed by atoms with van der Waals surface area (Å²) in [7, 11) is 0. The van der Waals surface area contributed by atoms with Crippen LogP contribution in [0.1, 0.15) is 17.8 Å². The largest absolute Gasteiger partial charge is 0.494 e. The number of nitrogens with zero attached hydrogens (tertiary/aromatic N) is 5. The molecule has 192 valence electrons. The van der Waals surface area contributed by atoms with Gasteiger partial charge in [-0.3, -0.25) is 19.5 Å². The molecule has 4 rings (SSSR count). The molecule has 4 aromatic rings. The van der Waals surface area contributed by atoms with E-state index in [1.54, 1.807) is 16.7 Å². The van der Waals surface area contributed by atoms with Gasteiger partial charge in [0.1, 0.15) is 16.5 Å². The number of hydrogen-bond acceptors (Lipinski definition) is 10. The topological polar surface area (TPSA) is 133 Å². The molecule has 0 aliphatic heterocycles. The van der Waals surface area contributed by atoms with Crippen molar-refractivity contribution in [3.63, 3.8) is 0 Å². The third-order valence-corrected chi connectivity index (χ3v) is 6.45. The van der Waals surface area contributed by atoms with Crippen LogP contribution in [0.3, 0.4) is 0 Å². The predicted molar refractivity (Wildman–Crippen MR) is 140 cm³/mol. The number of thioether (sulfide) groups is 1. The maximum absolute atomic E-state index is 12.4. The first-order valence-electron chi connectivity index (χ1n) is 11.4. The Kier molecular flexibility index (Phi) is 9.05. The average molecular weight is 540 g/mol. The highest BCUT2D eigenvalue weighted by Gasteiger charge is 2.17. The number of ether oxygens (including phenoxy) is 2. The number of amides is 2. The second-order valence-electron chi connectivity index (χ2n) is 7.50. The maximum atomic E-state index is 12.4. The third-order valence-electron chi connectivity index (χ3n) is 4.77. The average Bonchev–Trinajstić information content (AvgIpc) is 3.51. The second-order valence-corrected chi connectivity index (χ2v) is 9.63. The number of anilines is 1. The minimum atomic E-state index is -0.300. The highest BCUT2D eigenvalue weighted by molar-refractivity contribution is 7.99. The van der Waals surface area contributed by atoms with Gasteiger partial charge in [-0.2, -0.15) is 0 Å². The molecule has 0 bridgehead atoms. The summed E-state index contributed by atoms with van der Waals surface area (Å²) in [6.07, 6.45) is 0. The van der Waals surface area contributed by atoms with Gasteiger partial charge in [-0.1, -0.05) is 41.3 Å². The molecule has 2 aromatic carbocycles. The van der Waals surface area contributed by atoms with Gasteiger partial charge < -0.3 is 14.8 Å². The summed E-state index contributed by atoms with van der Waals surface area (Å²) in [6, 6.07) is 16.5. The minimum absolute atomic E-state index is 0.0884. The number of hydrogen-bond donors (Lipinski definition) is 2. The van der Waals surface area contributed by atoms with Crippen LogP contribution in [-0.4, -0.2) is 55.7 Å². The molecule has 0 aliphatic carbocycles. The van der Waals surface area contributed by atoms with Crippen molar-refractivity contribution in [2.45, 2.75) is 25.5 Å². The Balaban J connectivity index is 1.44. The van der Waals surface area contributed by atoms with E-state index in [4.69, 9.17) is 9.47 Å². The molecule has 0 radical (unpaired) electrons. The van der Waals surface area contributed by atoms with Crippen LogP contribution in [0.25, 0.3) is 5.69 Å². The summed E-state index contributed by atoms with van der Waals surface area (Å²) < 4.78 is 12.8. The van der Waals surface area contributed by atoms with Crippen LogP contribution in [0.4, 0.5) is 5.13 Å². The molecule has 0 spiro atoms. The Morgan fingerprint density at radius 2 is 1.70 bits per heavy atom. The van der Waals surface area contributed by atoms with Gasteiger partial charge in [-0.15, -0.1) is 20.4 Å². The van der Waals surface area contributed by atoms with E-state index in [1.165, 1.54) is 23.1 Å². The summed E-state index contributed by atoms with van der Waals surface area (Å²) in [4.78, 5) is 24.8. The SMILES string of the molecule is CCOc1ccc(-n2c(CNC(=O)COc3ccccc3)nnc2SCC(=O)Nc2nnc(C)s2)cc1.